The lowest BCUT2D eigenvalue weighted by Gasteiger charge is -2.22. The number of ether oxygens (including phenoxy) is 1. The van der Waals surface area contributed by atoms with Crippen molar-refractivity contribution >= 4 is 17.7 Å². The van der Waals surface area contributed by atoms with E-state index in [1.807, 2.05) is 43.9 Å². The number of rotatable bonds is 7. The molecule has 2 rings (SSSR count). The minimum Gasteiger partial charge on any atom is -0.465 e. The number of likely N-dealkylation sites (tertiary alicyclic amines) is 1. The summed E-state index contributed by atoms with van der Waals surface area (Å²) in [6, 6.07) is 7.20. The Balaban J connectivity index is 1.94. The van der Waals surface area contributed by atoms with E-state index in [-0.39, 0.29) is 29.1 Å². The first-order chi connectivity index (χ1) is 12.7. The van der Waals surface area contributed by atoms with Crippen molar-refractivity contribution < 1.29 is 19.1 Å². The van der Waals surface area contributed by atoms with Gasteiger partial charge in [0.25, 0.3) is 0 Å². The molecule has 0 aliphatic carbocycles. The number of hydrogen-bond donors (Lipinski definition) is 0. The molecule has 0 bridgehead atoms. The molecule has 1 aromatic rings. The molecule has 0 N–H and O–H groups in total. The van der Waals surface area contributed by atoms with E-state index in [1.165, 1.54) is 7.11 Å². The van der Waals surface area contributed by atoms with Gasteiger partial charge in [-0.3, -0.25) is 9.59 Å². The quantitative estimate of drug-likeness (QED) is 0.543. The standard InChI is InChI=1S/C22H29NO4/c1-22(2,3)15-19(24)11-9-18-10-12-20(25)23(18)14-13-16-5-7-17(8-6-16)21(26)27-4/h5-9,11,18H,10,12-15H2,1-4H3/t18-/m0/s1. The maximum Gasteiger partial charge on any atom is 0.337 e. The van der Waals surface area contributed by atoms with E-state index in [9.17, 15) is 14.4 Å². The molecule has 1 heterocycles. The van der Waals surface area contributed by atoms with Crippen molar-refractivity contribution in [1.29, 1.82) is 0 Å². The molecule has 1 amide bonds. The van der Waals surface area contributed by atoms with E-state index >= 15 is 0 Å². The summed E-state index contributed by atoms with van der Waals surface area (Å²) in [4.78, 5) is 37.6. The molecule has 0 radical (unpaired) electrons. The largest absolute Gasteiger partial charge is 0.465 e. The van der Waals surface area contributed by atoms with Crippen LogP contribution in [0.15, 0.2) is 36.4 Å². The number of hydrogen-bond acceptors (Lipinski definition) is 4. The monoisotopic (exact) mass is 371 g/mol. The molecule has 0 unspecified atom stereocenters. The lowest BCUT2D eigenvalue weighted by atomic mass is 9.90. The molecule has 1 aliphatic heterocycles. The SMILES string of the molecule is COC(=O)c1ccc(CCN2C(=O)CC[C@@H]2C=CC(=O)CC(C)(C)C)cc1. The fourth-order valence-electron chi connectivity index (χ4n) is 3.22. The van der Waals surface area contributed by atoms with Crippen LogP contribution in [0.5, 0.6) is 0 Å². The summed E-state index contributed by atoms with van der Waals surface area (Å²) in [6.07, 6.45) is 5.97. The Morgan fingerprint density at radius 3 is 2.48 bits per heavy atom. The highest BCUT2D eigenvalue weighted by Crippen LogP contribution is 2.22. The van der Waals surface area contributed by atoms with Crippen LogP contribution in [0.4, 0.5) is 0 Å². The number of carbonyl (C=O) groups is 3. The summed E-state index contributed by atoms with van der Waals surface area (Å²) in [7, 11) is 1.36. The highest BCUT2D eigenvalue weighted by molar-refractivity contribution is 5.90. The summed E-state index contributed by atoms with van der Waals surface area (Å²) in [5.41, 5.74) is 1.52. The first-order valence-electron chi connectivity index (χ1n) is 9.37. The predicted molar refractivity (Wildman–Crippen MR) is 104 cm³/mol. The number of esters is 1. The van der Waals surface area contributed by atoms with Gasteiger partial charge in [0, 0.05) is 19.4 Å². The molecule has 5 heteroatoms. The topological polar surface area (TPSA) is 63.7 Å². The Kier molecular flexibility index (Phi) is 6.94. The number of amides is 1. The van der Waals surface area contributed by atoms with Gasteiger partial charge >= 0.3 is 5.97 Å². The summed E-state index contributed by atoms with van der Waals surface area (Å²) < 4.78 is 4.69. The average Bonchev–Trinajstić information content (AvgIpc) is 2.96. The molecule has 146 valence electrons. The Labute approximate surface area is 161 Å². The summed E-state index contributed by atoms with van der Waals surface area (Å²) >= 11 is 0. The van der Waals surface area contributed by atoms with Gasteiger partial charge < -0.3 is 9.64 Å². The lowest BCUT2D eigenvalue weighted by molar-refractivity contribution is -0.128. The van der Waals surface area contributed by atoms with E-state index in [2.05, 4.69) is 0 Å². The molecule has 0 saturated carbocycles. The van der Waals surface area contributed by atoms with Gasteiger partial charge in [-0.2, -0.15) is 0 Å². The molecular weight excluding hydrogens is 342 g/mol. The van der Waals surface area contributed by atoms with E-state index in [0.29, 0.717) is 31.4 Å². The number of nitrogens with zero attached hydrogens (tertiary/aromatic N) is 1. The fraction of sp³-hybridized carbons (Fsp3) is 0.500. The molecule has 27 heavy (non-hydrogen) atoms. The van der Waals surface area contributed by atoms with Gasteiger partial charge in [0.1, 0.15) is 0 Å². The van der Waals surface area contributed by atoms with Crippen LogP contribution < -0.4 is 0 Å². The van der Waals surface area contributed by atoms with Crippen LogP contribution in [-0.4, -0.2) is 42.3 Å². The smallest absolute Gasteiger partial charge is 0.337 e. The summed E-state index contributed by atoms with van der Waals surface area (Å²) in [6.45, 7) is 6.71. The van der Waals surface area contributed by atoms with Crippen LogP contribution in [0.25, 0.3) is 0 Å². The molecular formula is C22H29NO4. The zero-order valence-corrected chi connectivity index (χ0v) is 16.7. The molecule has 1 saturated heterocycles. The summed E-state index contributed by atoms with van der Waals surface area (Å²) in [5.74, 6) is -0.138. The van der Waals surface area contributed by atoms with Gasteiger partial charge in [-0.25, -0.2) is 4.79 Å². The number of carbonyl (C=O) groups excluding carboxylic acids is 3. The van der Waals surface area contributed by atoms with Gasteiger partial charge in [0.05, 0.1) is 18.7 Å². The molecule has 1 atom stereocenters. The van der Waals surface area contributed by atoms with Crippen LogP contribution >= 0.6 is 0 Å². The van der Waals surface area contributed by atoms with E-state index in [1.54, 1.807) is 18.2 Å². The molecule has 1 aliphatic rings. The first kappa shape index (κ1) is 20.9. The second-order valence-corrected chi connectivity index (χ2v) is 8.19. The first-order valence-corrected chi connectivity index (χ1v) is 9.37. The molecule has 1 fully saturated rings. The third-order valence-corrected chi connectivity index (χ3v) is 4.60. The minimum atomic E-state index is -0.360. The van der Waals surface area contributed by atoms with Crippen LogP contribution in [0.3, 0.4) is 0 Å². The van der Waals surface area contributed by atoms with Crippen LogP contribution in [0.1, 0.15) is 56.0 Å². The van der Waals surface area contributed by atoms with Crippen LogP contribution in [0.2, 0.25) is 0 Å². The highest BCUT2D eigenvalue weighted by Gasteiger charge is 2.28. The van der Waals surface area contributed by atoms with Crippen molar-refractivity contribution in [3.05, 3.63) is 47.5 Å². The highest BCUT2D eigenvalue weighted by atomic mass is 16.5. The zero-order chi connectivity index (χ0) is 20.0. The normalized spacial score (nSPS) is 17.6. The average molecular weight is 371 g/mol. The number of benzene rings is 1. The molecule has 1 aromatic carbocycles. The second-order valence-electron chi connectivity index (χ2n) is 8.19. The van der Waals surface area contributed by atoms with Crippen LogP contribution in [-0.2, 0) is 20.7 Å². The zero-order valence-electron chi connectivity index (χ0n) is 16.7. The van der Waals surface area contributed by atoms with Gasteiger partial charge in [-0.1, -0.05) is 39.0 Å². The summed E-state index contributed by atoms with van der Waals surface area (Å²) in [5, 5.41) is 0. The van der Waals surface area contributed by atoms with E-state index in [0.717, 1.165) is 12.0 Å². The van der Waals surface area contributed by atoms with E-state index in [4.69, 9.17) is 4.74 Å². The van der Waals surface area contributed by atoms with Crippen molar-refractivity contribution in [3.63, 3.8) is 0 Å². The Morgan fingerprint density at radius 2 is 1.89 bits per heavy atom. The molecule has 5 nitrogen and oxygen atoms in total. The second kappa shape index (κ2) is 8.98. The van der Waals surface area contributed by atoms with Crippen molar-refractivity contribution in [1.82, 2.24) is 4.90 Å². The lowest BCUT2D eigenvalue weighted by Crippen LogP contribution is -2.33. The Hall–Kier alpha value is -2.43. The maximum absolute atomic E-state index is 12.2. The maximum atomic E-state index is 12.2. The minimum absolute atomic E-state index is 0.0178. The fourth-order valence-corrected chi connectivity index (χ4v) is 3.22. The van der Waals surface area contributed by atoms with Crippen molar-refractivity contribution in [2.75, 3.05) is 13.7 Å². The van der Waals surface area contributed by atoms with Gasteiger partial charge in [0.15, 0.2) is 5.78 Å². The van der Waals surface area contributed by atoms with Gasteiger partial charge in [-0.15, -0.1) is 0 Å². The van der Waals surface area contributed by atoms with Gasteiger partial charge in [-0.05, 0) is 42.0 Å². The van der Waals surface area contributed by atoms with Crippen LogP contribution in [0, 0.1) is 5.41 Å². The number of ketones is 1. The molecule has 0 spiro atoms. The van der Waals surface area contributed by atoms with Crippen molar-refractivity contribution in [2.45, 2.75) is 52.5 Å². The third kappa shape index (κ3) is 6.35. The number of allylic oxidation sites excluding steroid dienone is 1. The number of methoxy groups -OCH3 is 1. The van der Waals surface area contributed by atoms with Gasteiger partial charge in [0.2, 0.25) is 5.91 Å². The van der Waals surface area contributed by atoms with Crippen molar-refractivity contribution in [2.24, 2.45) is 5.41 Å². The predicted octanol–water partition coefficient (Wildman–Crippen LogP) is 3.57. The molecule has 0 aromatic heterocycles. The Morgan fingerprint density at radius 1 is 1.22 bits per heavy atom. The third-order valence-electron chi connectivity index (χ3n) is 4.60. The Bertz CT molecular complexity index is 713. The van der Waals surface area contributed by atoms with Crippen molar-refractivity contribution in [3.8, 4) is 0 Å². The van der Waals surface area contributed by atoms with E-state index < -0.39 is 0 Å².